The molecule has 0 bridgehead atoms. The molecule has 4 N–H and O–H groups in total. The molecular formula is C28H40N4O2. The Labute approximate surface area is 204 Å². The van der Waals surface area contributed by atoms with E-state index in [9.17, 15) is 4.79 Å². The third kappa shape index (κ3) is 7.72. The Morgan fingerprint density at radius 2 is 1.59 bits per heavy atom. The van der Waals surface area contributed by atoms with Crippen LogP contribution >= 0.6 is 0 Å². The SMILES string of the molecule is C/C=C\Nc1ccc(NC2(C(=O)NCCNc3ccc(OCC(C)C)cc3)CCCCC2)cc1. The molecule has 184 valence electrons. The average Bonchev–Trinajstić information content (AvgIpc) is 2.86. The molecule has 0 heterocycles. The summed E-state index contributed by atoms with van der Waals surface area (Å²) in [5, 5.41) is 13.3. The maximum atomic E-state index is 13.3. The lowest BCUT2D eigenvalue weighted by molar-refractivity contribution is -0.126. The van der Waals surface area contributed by atoms with Crippen LogP contribution in [0.1, 0.15) is 52.9 Å². The zero-order chi connectivity index (χ0) is 24.2. The molecule has 3 rings (SSSR count). The Morgan fingerprint density at radius 1 is 0.941 bits per heavy atom. The smallest absolute Gasteiger partial charge is 0.245 e. The first-order chi connectivity index (χ1) is 16.5. The normalized spacial score (nSPS) is 15.2. The molecule has 0 radical (unpaired) electrons. The summed E-state index contributed by atoms with van der Waals surface area (Å²) >= 11 is 0. The fourth-order valence-electron chi connectivity index (χ4n) is 4.15. The molecule has 0 atom stereocenters. The number of benzene rings is 2. The van der Waals surface area contributed by atoms with E-state index in [1.54, 1.807) is 0 Å². The van der Waals surface area contributed by atoms with Crippen LogP contribution in [-0.4, -0.2) is 31.1 Å². The van der Waals surface area contributed by atoms with Crippen molar-refractivity contribution in [2.24, 2.45) is 5.92 Å². The highest BCUT2D eigenvalue weighted by Crippen LogP contribution is 2.32. The van der Waals surface area contributed by atoms with Crippen molar-refractivity contribution in [3.63, 3.8) is 0 Å². The number of rotatable bonds is 12. The second-order valence-corrected chi connectivity index (χ2v) is 9.40. The molecule has 1 saturated carbocycles. The number of carbonyl (C=O) groups is 1. The van der Waals surface area contributed by atoms with E-state index >= 15 is 0 Å². The Hall–Kier alpha value is -3.15. The third-order valence-corrected chi connectivity index (χ3v) is 6.00. The monoisotopic (exact) mass is 464 g/mol. The number of nitrogens with one attached hydrogen (secondary N) is 4. The number of hydrogen-bond donors (Lipinski definition) is 4. The minimum Gasteiger partial charge on any atom is -0.493 e. The van der Waals surface area contributed by atoms with Gasteiger partial charge in [-0.2, -0.15) is 0 Å². The Balaban J connectivity index is 1.50. The molecule has 2 aromatic carbocycles. The first kappa shape index (κ1) is 25.5. The molecule has 0 saturated heterocycles. The van der Waals surface area contributed by atoms with Crippen molar-refractivity contribution >= 4 is 23.0 Å². The van der Waals surface area contributed by atoms with E-state index in [2.05, 4.69) is 35.1 Å². The van der Waals surface area contributed by atoms with Crippen LogP contribution in [0.3, 0.4) is 0 Å². The maximum Gasteiger partial charge on any atom is 0.245 e. The first-order valence-electron chi connectivity index (χ1n) is 12.5. The van der Waals surface area contributed by atoms with Crippen LogP contribution in [0.5, 0.6) is 5.75 Å². The number of carbonyl (C=O) groups excluding carboxylic acids is 1. The van der Waals surface area contributed by atoms with Crippen LogP contribution in [0, 0.1) is 5.92 Å². The van der Waals surface area contributed by atoms with Crippen molar-refractivity contribution in [3.8, 4) is 5.75 Å². The van der Waals surface area contributed by atoms with Crippen LogP contribution in [0.2, 0.25) is 0 Å². The van der Waals surface area contributed by atoms with E-state index in [0.29, 0.717) is 25.6 Å². The highest BCUT2D eigenvalue weighted by molar-refractivity contribution is 5.89. The minimum atomic E-state index is -0.550. The van der Waals surface area contributed by atoms with Crippen LogP contribution in [0.15, 0.2) is 60.8 Å². The van der Waals surface area contributed by atoms with Gasteiger partial charge in [0.2, 0.25) is 5.91 Å². The summed E-state index contributed by atoms with van der Waals surface area (Å²) in [6, 6.07) is 16.1. The fourth-order valence-corrected chi connectivity index (χ4v) is 4.15. The number of hydrogen-bond acceptors (Lipinski definition) is 5. The molecule has 0 unspecified atom stereocenters. The standard InChI is InChI=1S/C28H40N4O2/c1-4-18-29-23-8-10-25(11-9-23)32-28(16-6-5-7-17-28)27(33)31-20-19-30-24-12-14-26(15-13-24)34-21-22(2)3/h4,8-15,18,22,29-30,32H,5-7,16-17,19-21H2,1-3H3,(H,31,33)/b18-4-. The lowest BCUT2D eigenvalue weighted by Crippen LogP contribution is -2.54. The lowest BCUT2D eigenvalue weighted by Gasteiger charge is -2.37. The molecule has 1 aliphatic rings. The van der Waals surface area contributed by atoms with Crippen molar-refractivity contribution < 1.29 is 9.53 Å². The van der Waals surface area contributed by atoms with Gasteiger partial charge in [-0.25, -0.2) is 0 Å². The van der Waals surface area contributed by atoms with Crippen LogP contribution < -0.4 is 26.0 Å². The number of anilines is 3. The molecule has 1 amide bonds. The van der Waals surface area contributed by atoms with Gasteiger partial charge in [-0.1, -0.05) is 39.2 Å². The Kier molecular flexibility index (Phi) is 9.68. The van der Waals surface area contributed by atoms with Gasteiger partial charge >= 0.3 is 0 Å². The molecule has 0 aliphatic heterocycles. The van der Waals surface area contributed by atoms with Crippen LogP contribution in [0.25, 0.3) is 0 Å². The molecular weight excluding hydrogens is 424 g/mol. The van der Waals surface area contributed by atoms with Crippen molar-refractivity contribution in [1.82, 2.24) is 5.32 Å². The largest absolute Gasteiger partial charge is 0.493 e. The molecule has 1 aliphatic carbocycles. The number of amides is 1. The second-order valence-electron chi connectivity index (χ2n) is 9.40. The van der Waals surface area contributed by atoms with Crippen molar-refractivity contribution in [3.05, 3.63) is 60.8 Å². The predicted octanol–water partition coefficient (Wildman–Crippen LogP) is 6.01. The van der Waals surface area contributed by atoms with E-state index < -0.39 is 5.54 Å². The average molecular weight is 465 g/mol. The molecule has 6 heteroatoms. The Morgan fingerprint density at radius 3 is 2.24 bits per heavy atom. The van der Waals surface area contributed by atoms with Gasteiger partial charge < -0.3 is 26.0 Å². The van der Waals surface area contributed by atoms with Gasteiger partial charge in [-0.05, 0) is 80.4 Å². The zero-order valence-electron chi connectivity index (χ0n) is 20.8. The molecule has 1 fully saturated rings. The number of allylic oxidation sites excluding steroid dienone is 1. The molecule has 2 aromatic rings. The van der Waals surface area contributed by atoms with Crippen molar-refractivity contribution in [2.75, 3.05) is 35.6 Å². The summed E-state index contributed by atoms with van der Waals surface area (Å²) in [7, 11) is 0. The molecule has 6 nitrogen and oxygen atoms in total. The summed E-state index contributed by atoms with van der Waals surface area (Å²) in [4.78, 5) is 13.3. The van der Waals surface area contributed by atoms with Gasteiger partial charge in [-0.15, -0.1) is 0 Å². The summed E-state index contributed by atoms with van der Waals surface area (Å²) in [6.07, 6.45) is 8.86. The zero-order valence-corrected chi connectivity index (χ0v) is 20.8. The quantitative estimate of drug-likeness (QED) is 0.290. The Bertz CT molecular complexity index is 901. The van der Waals surface area contributed by atoms with E-state index in [1.165, 1.54) is 6.42 Å². The highest BCUT2D eigenvalue weighted by atomic mass is 16.5. The van der Waals surface area contributed by atoms with E-state index in [0.717, 1.165) is 48.5 Å². The van der Waals surface area contributed by atoms with Gasteiger partial charge in [0.05, 0.1) is 6.61 Å². The summed E-state index contributed by atoms with van der Waals surface area (Å²) < 4.78 is 5.73. The van der Waals surface area contributed by atoms with Crippen molar-refractivity contribution in [1.29, 1.82) is 0 Å². The lowest BCUT2D eigenvalue weighted by atomic mass is 9.80. The fraction of sp³-hybridized carbons (Fsp3) is 0.464. The minimum absolute atomic E-state index is 0.0857. The highest BCUT2D eigenvalue weighted by Gasteiger charge is 2.39. The van der Waals surface area contributed by atoms with Gasteiger partial charge in [0, 0.05) is 30.2 Å². The maximum absolute atomic E-state index is 13.3. The van der Waals surface area contributed by atoms with Gasteiger partial charge in [0.25, 0.3) is 0 Å². The van der Waals surface area contributed by atoms with Crippen LogP contribution in [0.4, 0.5) is 17.1 Å². The number of ether oxygens (including phenoxy) is 1. The summed E-state index contributed by atoms with van der Waals surface area (Å²) in [5.41, 5.74) is 2.46. The van der Waals surface area contributed by atoms with Gasteiger partial charge in [0.15, 0.2) is 0 Å². The summed E-state index contributed by atoms with van der Waals surface area (Å²) in [6.45, 7) is 8.20. The molecule has 34 heavy (non-hydrogen) atoms. The predicted molar refractivity (Wildman–Crippen MR) is 143 cm³/mol. The second kappa shape index (κ2) is 12.9. The van der Waals surface area contributed by atoms with E-state index in [4.69, 9.17) is 4.74 Å². The van der Waals surface area contributed by atoms with Crippen molar-refractivity contribution in [2.45, 2.75) is 58.4 Å². The van der Waals surface area contributed by atoms with E-state index in [-0.39, 0.29) is 5.91 Å². The van der Waals surface area contributed by atoms with Gasteiger partial charge in [0.1, 0.15) is 11.3 Å². The topological polar surface area (TPSA) is 74.4 Å². The molecule has 0 aromatic heterocycles. The third-order valence-electron chi connectivity index (χ3n) is 6.00. The molecule has 0 spiro atoms. The van der Waals surface area contributed by atoms with Gasteiger partial charge in [-0.3, -0.25) is 4.79 Å². The van der Waals surface area contributed by atoms with Crippen LogP contribution in [-0.2, 0) is 4.79 Å². The van der Waals surface area contributed by atoms with E-state index in [1.807, 2.05) is 67.7 Å². The summed E-state index contributed by atoms with van der Waals surface area (Å²) in [5.74, 6) is 1.47. The first-order valence-corrected chi connectivity index (χ1v) is 12.5.